The van der Waals surface area contributed by atoms with Gasteiger partial charge < -0.3 is 4.74 Å². The summed E-state index contributed by atoms with van der Waals surface area (Å²) in [6.07, 6.45) is 1.57. The molecule has 0 atom stereocenters. The predicted molar refractivity (Wildman–Crippen MR) is 97.2 cm³/mol. The molecule has 1 aromatic heterocycles. The van der Waals surface area contributed by atoms with Crippen LogP contribution in [0.3, 0.4) is 0 Å². The number of ether oxygens (including phenoxy) is 1. The second-order valence-corrected chi connectivity index (χ2v) is 6.03. The van der Waals surface area contributed by atoms with E-state index in [1.807, 2.05) is 42.5 Å². The molecule has 126 valence electrons. The number of hydrogen-bond donors (Lipinski definition) is 1. The van der Waals surface area contributed by atoms with Crippen molar-refractivity contribution in [1.29, 1.82) is 0 Å². The van der Waals surface area contributed by atoms with Gasteiger partial charge in [0.1, 0.15) is 11.3 Å². The molecule has 0 radical (unpaired) electrons. The molecule has 2 aromatic carbocycles. The Morgan fingerprint density at radius 3 is 2.52 bits per heavy atom. The fraction of sp³-hybridized carbons (Fsp3) is 0.0526. The molecule has 25 heavy (non-hydrogen) atoms. The average Bonchev–Trinajstić information content (AvgIpc) is 2.65. The molecule has 0 aliphatic rings. The molecule has 1 N–H and O–H groups in total. The molecule has 0 spiro atoms. The summed E-state index contributed by atoms with van der Waals surface area (Å²) in [7, 11) is 0. The third kappa shape index (κ3) is 4.89. The first-order chi connectivity index (χ1) is 12.2. The number of carbonyl (C=O) groups is 1. The Balaban J connectivity index is 1.65. The van der Waals surface area contributed by atoms with Crippen molar-refractivity contribution < 1.29 is 14.4 Å². The highest BCUT2D eigenvalue weighted by atomic mass is 79.9. The lowest BCUT2D eigenvalue weighted by atomic mass is 10.2. The van der Waals surface area contributed by atoms with Gasteiger partial charge in [0.15, 0.2) is 0 Å². The van der Waals surface area contributed by atoms with E-state index < -0.39 is 5.91 Å². The standard InChI is InChI=1S/C19H15BrN2O3/c20-15-8-10-16(11-9-15)25-19-17(7-4-12-21-19)18(23)22-24-13-14-5-2-1-3-6-14/h1-12H,13H2,(H,22,23). The number of aromatic nitrogens is 1. The largest absolute Gasteiger partial charge is 0.438 e. The normalized spacial score (nSPS) is 10.3. The number of carbonyl (C=O) groups excluding carboxylic acids is 1. The molecular weight excluding hydrogens is 384 g/mol. The Labute approximate surface area is 153 Å². The van der Waals surface area contributed by atoms with Gasteiger partial charge in [-0.2, -0.15) is 0 Å². The van der Waals surface area contributed by atoms with Crippen molar-refractivity contribution in [2.24, 2.45) is 0 Å². The number of hydrogen-bond acceptors (Lipinski definition) is 4. The quantitative estimate of drug-likeness (QED) is 0.621. The van der Waals surface area contributed by atoms with Crippen LogP contribution >= 0.6 is 15.9 Å². The summed E-state index contributed by atoms with van der Waals surface area (Å²) in [6.45, 7) is 0.274. The van der Waals surface area contributed by atoms with Crippen LogP contribution in [-0.2, 0) is 11.4 Å². The van der Waals surface area contributed by atoms with Crippen molar-refractivity contribution in [1.82, 2.24) is 10.5 Å². The van der Waals surface area contributed by atoms with Crippen LogP contribution < -0.4 is 10.2 Å². The van der Waals surface area contributed by atoms with Crippen LogP contribution in [0.5, 0.6) is 11.6 Å². The Hall–Kier alpha value is -2.70. The summed E-state index contributed by atoms with van der Waals surface area (Å²) in [5, 5.41) is 0. The molecule has 0 aliphatic heterocycles. The van der Waals surface area contributed by atoms with Gasteiger partial charge in [-0.15, -0.1) is 0 Å². The smallest absolute Gasteiger partial charge is 0.280 e. The molecule has 0 fully saturated rings. The molecule has 0 saturated heterocycles. The van der Waals surface area contributed by atoms with Gasteiger partial charge in [-0.05, 0) is 42.0 Å². The zero-order valence-electron chi connectivity index (χ0n) is 13.2. The first-order valence-corrected chi connectivity index (χ1v) is 8.36. The van der Waals surface area contributed by atoms with Gasteiger partial charge in [0.2, 0.25) is 5.88 Å². The second-order valence-electron chi connectivity index (χ2n) is 5.12. The predicted octanol–water partition coefficient (Wildman–Crippen LogP) is 4.50. The maximum Gasteiger partial charge on any atom is 0.280 e. The topological polar surface area (TPSA) is 60.5 Å². The molecule has 1 heterocycles. The zero-order valence-corrected chi connectivity index (χ0v) is 14.8. The van der Waals surface area contributed by atoms with E-state index >= 15 is 0 Å². The molecule has 0 saturated carbocycles. The van der Waals surface area contributed by atoms with E-state index in [1.165, 1.54) is 0 Å². The molecule has 3 aromatic rings. The van der Waals surface area contributed by atoms with Crippen molar-refractivity contribution in [2.45, 2.75) is 6.61 Å². The second kappa shape index (κ2) is 8.41. The lowest BCUT2D eigenvalue weighted by Gasteiger charge is -2.10. The van der Waals surface area contributed by atoms with Crippen LogP contribution in [0.4, 0.5) is 0 Å². The Kier molecular flexibility index (Phi) is 5.77. The summed E-state index contributed by atoms with van der Waals surface area (Å²) < 4.78 is 6.64. The van der Waals surface area contributed by atoms with Crippen LogP contribution in [0, 0.1) is 0 Å². The van der Waals surface area contributed by atoms with Crippen LogP contribution in [-0.4, -0.2) is 10.9 Å². The van der Waals surface area contributed by atoms with Crippen molar-refractivity contribution in [3.8, 4) is 11.6 Å². The van der Waals surface area contributed by atoms with Gasteiger partial charge in [0.25, 0.3) is 5.91 Å². The highest BCUT2D eigenvalue weighted by Crippen LogP contribution is 2.24. The van der Waals surface area contributed by atoms with Crippen LogP contribution in [0.25, 0.3) is 0 Å². The number of rotatable bonds is 6. The van der Waals surface area contributed by atoms with Crippen molar-refractivity contribution in [2.75, 3.05) is 0 Å². The summed E-state index contributed by atoms with van der Waals surface area (Å²) in [5.41, 5.74) is 3.67. The van der Waals surface area contributed by atoms with Gasteiger partial charge >= 0.3 is 0 Å². The summed E-state index contributed by atoms with van der Waals surface area (Å²) in [4.78, 5) is 21.7. The molecule has 0 aliphatic carbocycles. The summed E-state index contributed by atoms with van der Waals surface area (Å²) in [6, 6.07) is 20.1. The van der Waals surface area contributed by atoms with Gasteiger partial charge in [-0.1, -0.05) is 46.3 Å². The highest BCUT2D eigenvalue weighted by molar-refractivity contribution is 9.10. The fourth-order valence-corrected chi connectivity index (χ4v) is 2.34. The Morgan fingerprint density at radius 1 is 1.00 bits per heavy atom. The fourth-order valence-electron chi connectivity index (χ4n) is 2.07. The van der Waals surface area contributed by atoms with Gasteiger partial charge in [-0.3, -0.25) is 9.63 Å². The summed E-state index contributed by atoms with van der Waals surface area (Å²) >= 11 is 3.36. The van der Waals surface area contributed by atoms with Crippen molar-refractivity contribution in [3.05, 3.63) is 88.5 Å². The molecule has 1 amide bonds. The van der Waals surface area contributed by atoms with Crippen LogP contribution in [0.15, 0.2) is 77.4 Å². The summed E-state index contributed by atoms with van der Waals surface area (Å²) in [5.74, 6) is 0.378. The minimum Gasteiger partial charge on any atom is -0.438 e. The van der Waals surface area contributed by atoms with Crippen molar-refractivity contribution >= 4 is 21.8 Å². The third-order valence-electron chi connectivity index (χ3n) is 3.29. The van der Waals surface area contributed by atoms with Gasteiger partial charge in [-0.25, -0.2) is 10.5 Å². The van der Waals surface area contributed by atoms with Crippen LogP contribution in [0.1, 0.15) is 15.9 Å². The van der Waals surface area contributed by atoms with E-state index in [1.54, 1.807) is 30.5 Å². The van der Waals surface area contributed by atoms with Crippen molar-refractivity contribution in [3.63, 3.8) is 0 Å². The number of amides is 1. The molecule has 0 bridgehead atoms. The number of halogens is 1. The van der Waals surface area contributed by atoms with E-state index in [0.717, 1.165) is 10.0 Å². The van der Waals surface area contributed by atoms with E-state index in [4.69, 9.17) is 9.57 Å². The first kappa shape index (κ1) is 17.1. The number of pyridine rings is 1. The maximum atomic E-state index is 12.3. The number of hydroxylamine groups is 1. The lowest BCUT2D eigenvalue weighted by molar-refractivity contribution is 0.0231. The lowest BCUT2D eigenvalue weighted by Crippen LogP contribution is -2.24. The number of nitrogens with one attached hydrogen (secondary N) is 1. The highest BCUT2D eigenvalue weighted by Gasteiger charge is 2.14. The van der Waals surface area contributed by atoms with E-state index in [0.29, 0.717) is 11.3 Å². The third-order valence-corrected chi connectivity index (χ3v) is 3.82. The number of benzene rings is 2. The number of nitrogens with zero attached hydrogens (tertiary/aromatic N) is 1. The Morgan fingerprint density at radius 2 is 1.76 bits per heavy atom. The molecule has 3 rings (SSSR count). The first-order valence-electron chi connectivity index (χ1n) is 7.57. The van der Waals surface area contributed by atoms with E-state index in [9.17, 15) is 4.79 Å². The molecule has 0 unspecified atom stereocenters. The van der Waals surface area contributed by atoms with Crippen LogP contribution in [0.2, 0.25) is 0 Å². The minimum absolute atomic E-state index is 0.214. The monoisotopic (exact) mass is 398 g/mol. The molecular formula is C19H15BrN2O3. The zero-order chi connectivity index (χ0) is 17.5. The minimum atomic E-state index is -0.420. The Bertz CT molecular complexity index is 839. The van der Waals surface area contributed by atoms with Gasteiger partial charge in [0, 0.05) is 10.7 Å². The molecule has 6 heteroatoms. The van der Waals surface area contributed by atoms with E-state index in [-0.39, 0.29) is 12.5 Å². The average molecular weight is 399 g/mol. The van der Waals surface area contributed by atoms with E-state index in [2.05, 4.69) is 26.4 Å². The van der Waals surface area contributed by atoms with Gasteiger partial charge in [0.05, 0.1) is 6.61 Å². The molecule has 5 nitrogen and oxygen atoms in total. The maximum absolute atomic E-state index is 12.3. The SMILES string of the molecule is O=C(NOCc1ccccc1)c1cccnc1Oc1ccc(Br)cc1.